The van der Waals surface area contributed by atoms with Crippen molar-refractivity contribution < 1.29 is 9.53 Å². The summed E-state index contributed by atoms with van der Waals surface area (Å²) in [6.07, 6.45) is 0. The van der Waals surface area contributed by atoms with Gasteiger partial charge in [0.15, 0.2) is 5.65 Å². The zero-order chi connectivity index (χ0) is 27.5. The average molecular weight is 522 g/mol. The third-order valence-corrected chi connectivity index (χ3v) is 6.81. The minimum absolute atomic E-state index is 0.0325. The van der Waals surface area contributed by atoms with Crippen LogP contribution >= 0.6 is 0 Å². The van der Waals surface area contributed by atoms with Crippen molar-refractivity contribution in [2.45, 2.75) is 26.4 Å². The molecule has 2 aromatic heterocycles. The van der Waals surface area contributed by atoms with Crippen LogP contribution in [0, 0.1) is 5.92 Å². The Morgan fingerprint density at radius 2 is 1.51 bits per heavy atom. The van der Waals surface area contributed by atoms with Gasteiger partial charge >= 0.3 is 0 Å². The fraction of sp³-hybridized carbons (Fsp3) is 0.194. The molecule has 0 saturated carbocycles. The maximum atomic E-state index is 14.1. The summed E-state index contributed by atoms with van der Waals surface area (Å²) in [5.74, 6) is 0.341. The Bertz CT molecular complexity index is 1660. The number of amides is 1. The molecule has 198 valence electrons. The zero-order valence-corrected chi connectivity index (χ0v) is 22.1. The number of H-pyrrole nitrogens is 1. The van der Waals surface area contributed by atoms with Crippen LogP contribution in [0.2, 0.25) is 0 Å². The number of carbonyl (C=O) groups is 1. The lowest BCUT2D eigenvalue weighted by atomic mass is 10.0. The highest BCUT2D eigenvalue weighted by Gasteiger charge is 2.24. The zero-order valence-electron chi connectivity index (χ0n) is 22.1. The first-order valence-corrected chi connectivity index (χ1v) is 12.8. The van der Waals surface area contributed by atoms with Crippen LogP contribution in [0.15, 0.2) is 89.7 Å². The molecule has 8 heteroatoms. The topological polar surface area (TPSA) is 115 Å². The summed E-state index contributed by atoms with van der Waals surface area (Å²) in [7, 11) is 1.59. The summed E-state index contributed by atoms with van der Waals surface area (Å²) in [6.45, 7) is 3.83. The smallest absolute Gasteiger partial charge is 0.280 e. The molecule has 0 radical (unpaired) electrons. The number of hydrogen-bond acceptors (Lipinski definition) is 5. The molecule has 39 heavy (non-hydrogen) atoms. The van der Waals surface area contributed by atoms with Crippen LogP contribution in [-0.2, 0) is 11.3 Å². The van der Waals surface area contributed by atoms with Crippen LogP contribution in [0.1, 0.15) is 19.5 Å². The summed E-state index contributed by atoms with van der Waals surface area (Å²) >= 11 is 0. The number of nitrogens with two attached hydrogens (primary N) is 1. The van der Waals surface area contributed by atoms with Crippen molar-refractivity contribution in [3.63, 3.8) is 0 Å². The van der Waals surface area contributed by atoms with E-state index in [2.05, 4.69) is 10.4 Å². The molecule has 2 heterocycles. The molecule has 5 aromatic rings. The number of hydrogen-bond donors (Lipinski definition) is 3. The highest BCUT2D eigenvalue weighted by molar-refractivity contribution is 5.91. The van der Waals surface area contributed by atoms with Crippen molar-refractivity contribution in [3.05, 3.63) is 101 Å². The number of rotatable bonds is 8. The van der Waals surface area contributed by atoms with Gasteiger partial charge in [0, 0.05) is 5.56 Å². The molecule has 0 aliphatic carbocycles. The van der Waals surface area contributed by atoms with E-state index in [0.29, 0.717) is 28.2 Å². The van der Waals surface area contributed by atoms with E-state index in [9.17, 15) is 9.59 Å². The predicted molar refractivity (Wildman–Crippen MR) is 153 cm³/mol. The minimum Gasteiger partial charge on any atom is -0.497 e. The standard InChI is InChI=1S/C31H31N5O3/c1-19(2)27(32)30(37)33-18-24-25(21-14-16-23(39-3)17-15-21)31(38)36-29(34-24)26(20-10-6-4-7-11-20)28(35-36)22-12-8-5-9-13-22/h4-17,19,27,35H,18,32H2,1-3H3,(H,33,37). The van der Waals surface area contributed by atoms with Gasteiger partial charge in [-0.3, -0.25) is 14.7 Å². The van der Waals surface area contributed by atoms with Gasteiger partial charge in [-0.25, -0.2) is 4.98 Å². The van der Waals surface area contributed by atoms with E-state index < -0.39 is 6.04 Å². The van der Waals surface area contributed by atoms with Crippen LogP contribution in [0.5, 0.6) is 5.75 Å². The van der Waals surface area contributed by atoms with Crippen molar-refractivity contribution in [2.75, 3.05) is 7.11 Å². The summed E-state index contributed by atoms with van der Waals surface area (Å²) in [4.78, 5) is 31.9. The van der Waals surface area contributed by atoms with Crippen molar-refractivity contribution in [1.82, 2.24) is 19.9 Å². The number of aromatic nitrogens is 3. The first kappa shape index (κ1) is 25.9. The van der Waals surface area contributed by atoms with Crippen LogP contribution in [-0.4, -0.2) is 33.7 Å². The lowest BCUT2D eigenvalue weighted by Crippen LogP contribution is -2.43. The maximum Gasteiger partial charge on any atom is 0.280 e. The third kappa shape index (κ3) is 5.06. The summed E-state index contributed by atoms with van der Waals surface area (Å²) in [5.41, 5.74) is 11.2. The minimum atomic E-state index is -0.670. The molecular formula is C31H31N5O3. The summed E-state index contributed by atoms with van der Waals surface area (Å²) in [6, 6.07) is 26.2. The first-order valence-electron chi connectivity index (χ1n) is 12.8. The Balaban J connectivity index is 1.76. The fourth-order valence-electron chi connectivity index (χ4n) is 4.58. The number of carbonyl (C=O) groups excluding carboxylic acids is 1. The molecule has 0 spiro atoms. The average Bonchev–Trinajstić information content (AvgIpc) is 3.36. The van der Waals surface area contributed by atoms with Crippen molar-refractivity contribution in [2.24, 2.45) is 11.7 Å². The second-order valence-corrected chi connectivity index (χ2v) is 9.71. The molecule has 0 bridgehead atoms. The number of methoxy groups -OCH3 is 1. The molecular weight excluding hydrogens is 490 g/mol. The number of nitrogens with zero attached hydrogens (tertiary/aromatic N) is 2. The molecule has 8 nitrogen and oxygen atoms in total. The van der Waals surface area contributed by atoms with Crippen molar-refractivity contribution in [1.29, 1.82) is 0 Å². The SMILES string of the molecule is COc1ccc(-c2c(CNC(=O)C(N)C(C)C)nc3c(-c4ccccc4)c(-c4ccccc4)[nH]n3c2=O)cc1. The van der Waals surface area contributed by atoms with Gasteiger partial charge in [-0.2, -0.15) is 4.52 Å². The molecule has 5 rings (SSSR count). The molecule has 3 aromatic carbocycles. The molecule has 1 amide bonds. The van der Waals surface area contributed by atoms with E-state index in [-0.39, 0.29) is 23.9 Å². The molecule has 0 aliphatic heterocycles. The van der Waals surface area contributed by atoms with Crippen LogP contribution in [0.3, 0.4) is 0 Å². The second kappa shape index (κ2) is 11.0. The van der Waals surface area contributed by atoms with E-state index >= 15 is 0 Å². The quantitative estimate of drug-likeness (QED) is 0.275. The summed E-state index contributed by atoms with van der Waals surface area (Å²) in [5, 5.41) is 6.21. The normalized spacial score (nSPS) is 12.0. The maximum absolute atomic E-state index is 14.1. The van der Waals surface area contributed by atoms with E-state index in [4.69, 9.17) is 15.5 Å². The molecule has 0 fully saturated rings. The Hall–Kier alpha value is -4.69. The Morgan fingerprint density at radius 1 is 0.923 bits per heavy atom. The van der Waals surface area contributed by atoms with Crippen LogP contribution in [0.4, 0.5) is 0 Å². The molecule has 0 aliphatic rings. The van der Waals surface area contributed by atoms with Gasteiger partial charge in [0.1, 0.15) is 5.75 Å². The number of benzene rings is 3. The van der Waals surface area contributed by atoms with Gasteiger partial charge in [-0.05, 0) is 29.2 Å². The van der Waals surface area contributed by atoms with Gasteiger partial charge in [0.05, 0.1) is 42.2 Å². The lowest BCUT2D eigenvalue weighted by molar-refractivity contribution is -0.123. The second-order valence-electron chi connectivity index (χ2n) is 9.71. The molecule has 4 N–H and O–H groups in total. The van der Waals surface area contributed by atoms with E-state index in [0.717, 1.165) is 22.4 Å². The number of aromatic amines is 1. The summed E-state index contributed by atoms with van der Waals surface area (Å²) < 4.78 is 6.79. The predicted octanol–water partition coefficient (Wildman–Crippen LogP) is 4.63. The highest BCUT2D eigenvalue weighted by Crippen LogP contribution is 2.35. The molecule has 1 atom stereocenters. The highest BCUT2D eigenvalue weighted by atomic mass is 16.5. The van der Waals surface area contributed by atoms with Gasteiger partial charge in [0.2, 0.25) is 5.91 Å². The van der Waals surface area contributed by atoms with E-state index in [1.165, 1.54) is 4.52 Å². The van der Waals surface area contributed by atoms with Crippen LogP contribution < -0.4 is 21.3 Å². The monoisotopic (exact) mass is 521 g/mol. The van der Waals surface area contributed by atoms with E-state index in [1.54, 1.807) is 19.2 Å². The number of fused-ring (bicyclic) bond motifs is 1. The van der Waals surface area contributed by atoms with Gasteiger partial charge in [0.25, 0.3) is 5.56 Å². The first-order chi connectivity index (χ1) is 18.9. The Labute approximate surface area is 226 Å². The van der Waals surface area contributed by atoms with Gasteiger partial charge in [-0.15, -0.1) is 0 Å². The largest absolute Gasteiger partial charge is 0.497 e. The Morgan fingerprint density at radius 3 is 2.10 bits per heavy atom. The van der Waals surface area contributed by atoms with Crippen molar-refractivity contribution in [3.8, 4) is 39.3 Å². The number of nitrogens with one attached hydrogen (secondary N) is 2. The third-order valence-electron chi connectivity index (χ3n) is 6.81. The van der Waals surface area contributed by atoms with Gasteiger partial charge in [-0.1, -0.05) is 86.6 Å². The molecule has 0 saturated heterocycles. The van der Waals surface area contributed by atoms with Crippen LogP contribution in [0.25, 0.3) is 39.2 Å². The van der Waals surface area contributed by atoms with Gasteiger partial charge < -0.3 is 15.8 Å². The molecule has 1 unspecified atom stereocenters. The van der Waals surface area contributed by atoms with E-state index in [1.807, 2.05) is 86.6 Å². The lowest BCUT2D eigenvalue weighted by Gasteiger charge is -2.16. The Kier molecular flexibility index (Phi) is 7.29. The fourth-order valence-corrected chi connectivity index (χ4v) is 4.58. The van der Waals surface area contributed by atoms with Crippen molar-refractivity contribution >= 4 is 11.6 Å². The number of ether oxygens (including phenoxy) is 1.